The van der Waals surface area contributed by atoms with Crippen LogP contribution >= 0.6 is 0 Å². The van der Waals surface area contributed by atoms with Crippen molar-refractivity contribution in [2.45, 2.75) is 0 Å². The number of carbonyl (C=O) groups excluding carboxylic acids is 1. The maximum absolute atomic E-state index is 13.1. The van der Waals surface area contributed by atoms with E-state index in [-0.39, 0.29) is 11.7 Å². The van der Waals surface area contributed by atoms with Gasteiger partial charge >= 0.3 is 0 Å². The standard InChI is InChI=1S/C22H20FN7O2/c1-32-18-4-2-3-17(13-18)30-21-19(26-27-30)20(24-14-25-21)28-9-11-29(12-10-28)22(31)15-5-7-16(23)8-6-15/h2-8,13-14H,9-12H2,1H3. The highest BCUT2D eigenvalue weighted by molar-refractivity contribution is 5.94. The number of nitrogens with zero attached hydrogens (tertiary/aromatic N) is 7. The fourth-order valence-corrected chi connectivity index (χ4v) is 3.78. The Morgan fingerprint density at radius 1 is 1.03 bits per heavy atom. The highest BCUT2D eigenvalue weighted by Crippen LogP contribution is 2.25. The lowest BCUT2D eigenvalue weighted by atomic mass is 10.2. The summed E-state index contributed by atoms with van der Waals surface area (Å²) in [5, 5.41) is 8.60. The lowest BCUT2D eigenvalue weighted by Gasteiger charge is -2.35. The first-order valence-corrected chi connectivity index (χ1v) is 10.1. The minimum absolute atomic E-state index is 0.110. The van der Waals surface area contributed by atoms with Crippen LogP contribution in [-0.2, 0) is 0 Å². The van der Waals surface area contributed by atoms with Gasteiger partial charge in [0.25, 0.3) is 5.91 Å². The Morgan fingerprint density at radius 3 is 2.56 bits per heavy atom. The van der Waals surface area contributed by atoms with Crippen LogP contribution in [0.25, 0.3) is 16.9 Å². The van der Waals surface area contributed by atoms with Crippen LogP contribution in [0.2, 0.25) is 0 Å². The van der Waals surface area contributed by atoms with Gasteiger partial charge in [-0.05, 0) is 36.4 Å². The van der Waals surface area contributed by atoms with E-state index in [1.807, 2.05) is 24.3 Å². The molecule has 1 saturated heterocycles. The second-order valence-electron chi connectivity index (χ2n) is 7.36. The molecule has 1 fully saturated rings. The molecule has 1 aliphatic heterocycles. The van der Waals surface area contributed by atoms with Crippen LogP contribution in [0, 0.1) is 5.82 Å². The molecular formula is C22H20FN7O2. The number of piperazine rings is 1. The Balaban J connectivity index is 1.36. The summed E-state index contributed by atoms with van der Waals surface area (Å²) >= 11 is 0. The lowest BCUT2D eigenvalue weighted by molar-refractivity contribution is 0.0746. The number of rotatable bonds is 4. The van der Waals surface area contributed by atoms with Gasteiger partial charge in [-0.1, -0.05) is 11.3 Å². The van der Waals surface area contributed by atoms with E-state index in [2.05, 4.69) is 25.2 Å². The van der Waals surface area contributed by atoms with E-state index in [0.29, 0.717) is 54.5 Å². The molecule has 32 heavy (non-hydrogen) atoms. The number of ether oxygens (including phenoxy) is 1. The molecule has 1 aliphatic rings. The second-order valence-corrected chi connectivity index (χ2v) is 7.36. The van der Waals surface area contributed by atoms with Crippen molar-refractivity contribution in [2.24, 2.45) is 0 Å². The zero-order valence-corrected chi connectivity index (χ0v) is 17.3. The Kier molecular flexibility index (Phi) is 5.10. The normalized spacial score (nSPS) is 14.1. The molecule has 9 nitrogen and oxygen atoms in total. The molecule has 162 valence electrons. The van der Waals surface area contributed by atoms with Crippen molar-refractivity contribution in [3.8, 4) is 11.4 Å². The first kappa shape index (κ1) is 19.9. The predicted molar refractivity (Wildman–Crippen MR) is 116 cm³/mol. The first-order valence-electron chi connectivity index (χ1n) is 10.1. The van der Waals surface area contributed by atoms with Crippen molar-refractivity contribution < 1.29 is 13.9 Å². The van der Waals surface area contributed by atoms with Crippen LogP contribution < -0.4 is 9.64 Å². The van der Waals surface area contributed by atoms with Gasteiger partial charge in [0.2, 0.25) is 0 Å². The van der Waals surface area contributed by atoms with Gasteiger partial charge in [0, 0.05) is 37.8 Å². The molecule has 1 amide bonds. The summed E-state index contributed by atoms with van der Waals surface area (Å²) in [5.41, 5.74) is 2.44. The highest BCUT2D eigenvalue weighted by atomic mass is 19.1. The zero-order chi connectivity index (χ0) is 22.1. The van der Waals surface area contributed by atoms with Gasteiger partial charge in [-0.25, -0.2) is 14.4 Å². The van der Waals surface area contributed by atoms with Crippen LogP contribution in [0.5, 0.6) is 5.75 Å². The molecule has 0 N–H and O–H groups in total. The number of halogens is 1. The number of fused-ring (bicyclic) bond motifs is 1. The molecule has 4 aromatic rings. The van der Waals surface area contributed by atoms with E-state index in [0.717, 1.165) is 5.69 Å². The summed E-state index contributed by atoms with van der Waals surface area (Å²) < 4.78 is 20.1. The second kappa shape index (κ2) is 8.22. The highest BCUT2D eigenvalue weighted by Gasteiger charge is 2.25. The zero-order valence-electron chi connectivity index (χ0n) is 17.3. The number of benzene rings is 2. The Labute approximate surface area is 183 Å². The summed E-state index contributed by atoms with van der Waals surface area (Å²) in [6, 6.07) is 13.1. The number of methoxy groups -OCH3 is 1. The summed E-state index contributed by atoms with van der Waals surface area (Å²) in [5.74, 6) is 0.919. The maximum Gasteiger partial charge on any atom is 0.253 e. The van der Waals surface area contributed by atoms with Crippen molar-refractivity contribution in [3.63, 3.8) is 0 Å². The molecule has 0 atom stereocenters. The van der Waals surface area contributed by atoms with Crippen LogP contribution in [0.4, 0.5) is 10.2 Å². The maximum atomic E-state index is 13.1. The molecule has 0 aliphatic carbocycles. The van der Waals surface area contributed by atoms with Crippen LogP contribution in [-0.4, -0.2) is 69.1 Å². The predicted octanol–water partition coefficient (Wildman–Crippen LogP) is 2.32. The largest absolute Gasteiger partial charge is 0.497 e. The summed E-state index contributed by atoms with van der Waals surface area (Å²) in [6.07, 6.45) is 1.49. The number of anilines is 1. The molecule has 10 heteroatoms. The van der Waals surface area contributed by atoms with Crippen molar-refractivity contribution >= 4 is 22.9 Å². The van der Waals surface area contributed by atoms with Gasteiger partial charge in [0.05, 0.1) is 12.8 Å². The number of aromatic nitrogens is 5. The van der Waals surface area contributed by atoms with Gasteiger partial charge in [-0.3, -0.25) is 4.79 Å². The van der Waals surface area contributed by atoms with Crippen LogP contribution in [0.15, 0.2) is 54.9 Å². The molecule has 0 bridgehead atoms. The van der Waals surface area contributed by atoms with E-state index >= 15 is 0 Å². The van der Waals surface area contributed by atoms with Crippen molar-refractivity contribution in [1.82, 2.24) is 29.9 Å². The molecule has 2 aromatic heterocycles. The minimum Gasteiger partial charge on any atom is -0.497 e. The third-order valence-electron chi connectivity index (χ3n) is 5.47. The van der Waals surface area contributed by atoms with E-state index in [1.165, 1.54) is 30.6 Å². The molecule has 0 unspecified atom stereocenters. The van der Waals surface area contributed by atoms with Gasteiger partial charge in [-0.15, -0.1) is 5.10 Å². The van der Waals surface area contributed by atoms with E-state index in [9.17, 15) is 9.18 Å². The van der Waals surface area contributed by atoms with E-state index in [4.69, 9.17) is 4.74 Å². The lowest BCUT2D eigenvalue weighted by Crippen LogP contribution is -2.49. The number of hydrogen-bond acceptors (Lipinski definition) is 7. The van der Waals surface area contributed by atoms with E-state index < -0.39 is 0 Å². The van der Waals surface area contributed by atoms with Gasteiger partial charge in [-0.2, -0.15) is 4.68 Å². The SMILES string of the molecule is COc1cccc(-n2nnc3c(N4CCN(C(=O)c5ccc(F)cc5)CC4)ncnc32)c1. The molecular weight excluding hydrogens is 413 g/mol. The molecule has 0 saturated carbocycles. The van der Waals surface area contributed by atoms with Crippen molar-refractivity contribution in [2.75, 3.05) is 38.2 Å². The topological polar surface area (TPSA) is 89.3 Å². The van der Waals surface area contributed by atoms with Crippen molar-refractivity contribution in [3.05, 3.63) is 66.2 Å². The van der Waals surface area contributed by atoms with Gasteiger partial charge in [0.15, 0.2) is 17.0 Å². The van der Waals surface area contributed by atoms with Crippen LogP contribution in [0.3, 0.4) is 0 Å². The average Bonchev–Trinajstić information content (AvgIpc) is 3.29. The average molecular weight is 433 g/mol. The summed E-state index contributed by atoms with van der Waals surface area (Å²) in [6.45, 7) is 2.22. The monoisotopic (exact) mass is 433 g/mol. The smallest absolute Gasteiger partial charge is 0.253 e. The molecule has 3 heterocycles. The molecule has 5 rings (SSSR count). The van der Waals surface area contributed by atoms with Crippen LogP contribution in [0.1, 0.15) is 10.4 Å². The fraction of sp³-hybridized carbons (Fsp3) is 0.227. The number of hydrogen-bond donors (Lipinski definition) is 0. The van der Waals surface area contributed by atoms with E-state index in [1.54, 1.807) is 16.7 Å². The number of amides is 1. The molecule has 2 aromatic carbocycles. The Morgan fingerprint density at radius 2 is 1.81 bits per heavy atom. The molecule has 0 spiro atoms. The fourth-order valence-electron chi connectivity index (χ4n) is 3.78. The van der Waals surface area contributed by atoms with Crippen molar-refractivity contribution in [1.29, 1.82) is 0 Å². The third-order valence-corrected chi connectivity index (χ3v) is 5.47. The molecule has 0 radical (unpaired) electrons. The summed E-state index contributed by atoms with van der Waals surface area (Å²) in [4.78, 5) is 25.4. The third kappa shape index (κ3) is 3.59. The summed E-state index contributed by atoms with van der Waals surface area (Å²) in [7, 11) is 1.61. The Bertz CT molecular complexity index is 1270. The van der Waals surface area contributed by atoms with Gasteiger partial charge < -0.3 is 14.5 Å². The first-order chi connectivity index (χ1) is 15.6. The minimum atomic E-state index is -0.360. The quantitative estimate of drug-likeness (QED) is 0.488. The number of carbonyl (C=O) groups is 1. The van der Waals surface area contributed by atoms with Gasteiger partial charge in [0.1, 0.15) is 17.9 Å². The Hall–Kier alpha value is -4.08.